The van der Waals surface area contributed by atoms with E-state index in [4.69, 9.17) is 0 Å². The smallest absolute Gasteiger partial charge is 0.254 e. The summed E-state index contributed by atoms with van der Waals surface area (Å²) in [4.78, 5) is 24.8. The van der Waals surface area contributed by atoms with E-state index in [1.165, 1.54) is 6.92 Å². The highest BCUT2D eigenvalue weighted by Gasteiger charge is 2.42. The fourth-order valence-electron chi connectivity index (χ4n) is 2.15. The van der Waals surface area contributed by atoms with Crippen molar-refractivity contribution in [1.82, 2.24) is 4.90 Å². The third kappa shape index (κ3) is 2.93. The minimum Gasteiger partial charge on any atom is -0.386 e. The van der Waals surface area contributed by atoms with Gasteiger partial charge in [0.2, 0.25) is 5.91 Å². The van der Waals surface area contributed by atoms with Crippen molar-refractivity contribution in [3.63, 3.8) is 0 Å². The monoisotopic (exact) mass is 262 g/mol. The molecule has 0 radical (unpaired) electrons. The molecule has 0 spiro atoms. The zero-order valence-corrected chi connectivity index (χ0v) is 11.1. The number of nitrogens with one attached hydrogen (secondary N) is 1. The molecule has 0 aliphatic carbocycles. The Balaban J connectivity index is 2.06. The van der Waals surface area contributed by atoms with Crippen molar-refractivity contribution in [2.75, 3.05) is 18.4 Å². The molecule has 2 rings (SSSR count). The SMILES string of the molecule is CCC1(O)CN(C(=O)c2cccc(NC(C)=O)c2)C1. The first kappa shape index (κ1) is 13.5. The maximum atomic E-state index is 12.2. The number of hydrogen-bond donors (Lipinski definition) is 2. The van der Waals surface area contributed by atoms with Crippen molar-refractivity contribution in [1.29, 1.82) is 0 Å². The molecule has 2 N–H and O–H groups in total. The number of β-amino-alcohol motifs (C(OH)–C–C–N with tert-alkyl or cyclic N) is 1. The molecule has 5 heteroatoms. The van der Waals surface area contributed by atoms with Crippen molar-refractivity contribution in [3.05, 3.63) is 29.8 Å². The minimum absolute atomic E-state index is 0.120. The first-order chi connectivity index (χ1) is 8.93. The maximum absolute atomic E-state index is 12.2. The molecule has 1 fully saturated rings. The second-order valence-electron chi connectivity index (χ2n) is 5.00. The van der Waals surface area contributed by atoms with Crippen LogP contribution in [0.25, 0.3) is 0 Å². The molecule has 102 valence electrons. The van der Waals surface area contributed by atoms with Crippen LogP contribution >= 0.6 is 0 Å². The van der Waals surface area contributed by atoms with Crippen LogP contribution in [0.1, 0.15) is 30.6 Å². The van der Waals surface area contributed by atoms with Crippen LogP contribution in [0.3, 0.4) is 0 Å². The summed E-state index contributed by atoms with van der Waals surface area (Å²) in [6, 6.07) is 6.81. The number of carbonyl (C=O) groups excluding carboxylic acids is 2. The van der Waals surface area contributed by atoms with Crippen LogP contribution in [0.15, 0.2) is 24.3 Å². The lowest BCUT2D eigenvalue weighted by Gasteiger charge is -2.46. The van der Waals surface area contributed by atoms with Gasteiger partial charge in [-0.15, -0.1) is 0 Å². The van der Waals surface area contributed by atoms with Gasteiger partial charge in [-0.3, -0.25) is 9.59 Å². The zero-order chi connectivity index (χ0) is 14.0. The molecule has 0 unspecified atom stereocenters. The molecule has 19 heavy (non-hydrogen) atoms. The zero-order valence-electron chi connectivity index (χ0n) is 11.1. The summed E-state index contributed by atoms with van der Waals surface area (Å²) in [5.74, 6) is -0.292. The fraction of sp³-hybridized carbons (Fsp3) is 0.429. The summed E-state index contributed by atoms with van der Waals surface area (Å²) in [5, 5.41) is 12.6. The number of carbonyl (C=O) groups is 2. The Bertz CT molecular complexity index is 507. The minimum atomic E-state index is -0.731. The molecule has 0 saturated carbocycles. The van der Waals surface area contributed by atoms with Crippen LogP contribution in [0.2, 0.25) is 0 Å². The topological polar surface area (TPSA) is 69.6 Å². The van der Waals surface area contributed by atoms with Gasteiger partial charge in [0.05, 0.1) is 18.7 Å². The van der Waals surface area contributed by atoms with Gasteiger partial charge in [0, 0.05) is 18.2 Å². The number of rotatable bonds is 3. The average Bonchev–Trinajstić information content (AvgIpc) is 2.33. The summed E-state index contributed by atoms with van der Waals surface area (Å²) in [7, 11) is 0. The average molecular weight is 262 g/mol. The molecule has 1 aromatic rings. The predicted molar refractivity (Wildman–Crippen MR) is 71.9 cm³/mol. The van der Waals surface area contributed by atoms with Gasteiger partial charge in [0.15, 0.2) is 0 Å². The Labute approximate surface area is 112 Å². The first-order valence-corrected chi connectivity index (χ1v) is 6.33. The van der Waals surface area contributed by atoms with Crippen LogP contribution in [0.5, 0.6) is 0 Å². The van der Waals surface area contributed by atoms with Crippen molar-refractivity contribution in [2.24, 2.45) is 0 Å². The largest absolute Gasteiger partial charge is 0.386 e. The van der Waals surface area contributed by atoms with Crippen molar-refractivity contribution < 1.29 is 14.7 Å². The van der Waals surface area contributed by atoms with Crippen LogP contribution < -0.4 is 5.32 Å². The van der Waals surface area contributed by atoms with Crippen molar-refractivity contribution in [3.8, 4) is 0 Å². The van der Waals surface area contributed by atoms with Gasteiger partial charge in [0.25, 0.3) is 5.91 Å². The Morgan fingerprint density at radius 3 is 2.68 bits per heavy atom. The van der Waals surface area contributed by atoms with Crippen LogP contribution in [0.4, 0.5) is 5.69 Å². The second kappa shape index (κ2) is 5.01. The molecule has 1 saturated heterocycles. The number of likely N-dealkylation sites (tertiary alicyclic amines) is 1. The Kier molecular flexibility index (Phi) is 3.57. The lowest BCUT2D eigenvalue weighted by molar-refractivity contribution is -0.114. The molecule has 1 aliphatic heterocycles. The number of anilines is 1. The van der Waals surface area contributed by atoms with Crippen molar-refractivity contribution >= 4 is 17.5 Å². The normalized spacial score (nSPS) is 16.7. The molecule has 0 bridgehead atoms. The van der Waals surface area contributed by atoms with E-state index in [1.807, 2.05) is 6.92 Å². The molecular weight excluding hydrogens is 244 g/mol. The van der Waals surface area contributed by atoms with E-state index in [-0.39, 0.29) is 11.8 Å². The highest BCUT2D eigenvalue weighted by atomic mass is 16.3. The van der Waals surface area contributed by atoms with E-state index in [0.29, 0.717) is 30.8 Å². The van der Waals surface area contributed by atoms with Gasteiger partial charge in [0.1, 0.15) is 0 Å². The van der Waals surface area contributed by atoms with E-state index in [1.54, 1.807) is 29.2 Å². The van der Waals surface area contributed by atoms with E-state index >= 15 is 0 Å². The molecule has 5 nitrogen and oxygen atoms in total. The second-order valence-corrected chi connectivity index (χ2v) is 5.00. The van der Waals surface area contributed by atoms with Gasteiger partial charge < -0.3 is 15.3 Å². The van der Waals surface area contributed by atoms with Gasteiger partial charge in [-0.2, -0.15) is 0 Å². The third-order valence-electron chi connectivity index (χ3n) is 3.35. The molecule has 0 atom stereocenters. The summed E-state index contributed by atoms with van der Waals surface area (Å²) < 4.78 is 0. The van der Waals surface area contributed by atoms with Crippen LogP contribution in [0, 0.1) is 0 Å². The Hall–Kier alpha value is -1.88. The third-order valence-corrected chi connectivity index (χ3v) is 3.35. The lowest BCUT2D eigenvalue weighted by Crippen LogP contribution is -2.63. The molecule has 1 aromatic carbocycles. The molecule has 1 heterocycles. The van der Waals surface area contributed by atoms with Crippen LogP contribution in [-0.2, 0) is 4.79 Å². The molecule has 2 amide bonds. The van der Waals surface area contributed by atoms with E-state index in [9.17, 15) is 14.7 Å². The maximum Gasteiger partial charge on any atom is 0.254 e. The van der Waals surface area contributed by atoms with E-state index in [2.05, 4.69) is 5.32 Å². The Morgan fingerprint density at radius 2 is 2.11 bits per heavy atom. The molecule has 1 aliphatic rings. The lowest BCUT2D eigenvalue weighted by atomic mass is 9.90. The molecule has 0 aromatic heterocycles. The number of nitrogens with zero attached hydrogens (tertiary/aromatic N) is 1. The van der Waals surface area contributed by atoms with E-state index in [0.717, 1.165) is 0 Å². The van der Waals surface area contributed by atoms with Crippen molar-refractivity contribution in [2.45, 2.75) is 25.9 Å². The van der Waals surface area contributed by atoms with Gasteiger partial charge >= 0.3 is 0 Å². The number of hydrogen-bond acceptors (Lipinski definition) is 3. The van der Waals surface area contributed by atoms with E-state index < -0.39 is 5.60 Å². The number of aliphatic hydroxyl groups is 1. The highest BCUT2D eigenvalue weighted by molar-refractivity contribution is 5.97. The van der Waals surface area contributed by atoms with Crippen LogP contribution in [-0.4, -0.2) is 40.5 Å². The fourth-order valence-corrected chi connectivity index (χ4v) is 2.15. The Morgan fingerprint density at radius 1 is 1.42 bits per heavy atom. The summed E-state index contributed by atoms with van der Waals surface area (Å²) in [5.41, 5.74) is 0.388. The van der Waals surface area contributed by atoms with Gasteiger partial charge in [-0.05, 0) is 24.6 Å². The quantitative estimate of drug-likeness (QED) is 0.861. The number of amides is 2. The summed E-state index contributed by atoms with van der Waals surface area (Å²) in [6.07, 6.45) is 0.642. The first-order valence-electron chi connectivity index (χ1n) is 6.33. The summed E-state index contributed by atoms with van der Waals surface area (Å²) >= 11 is 0. The van der Waals surface area contributed by atoms with Gasteiger partial charge in [-0.1, -0.05) is 13.0 Å². The number of benzene rings is 1. The predicted octanol–water partition coefficient (Wildman–Crippen LogP) is 1.24. The van der Waals surface area contributed by atoms with Gasteiger partial charge in [-0.25, -0.2) is 0 Å². The summed E-state index contributed by atoms with van der Waals surface area (Å²) in [6.45, 7) is 4.06. The molecular formula is C14H18N2O3. The highest BCUT2D eigenvalue weighted by Crippen LogP contribution is 2.26. The standard InChI is InChI=1S/C14H18N2O3/c1-3-14(19)8-16(9-14)13(18)11-5-4-6-12(7-11)15-10(2)17/h4-7,19H,3,8-9H2,1-2H3,(H,15,17).